The van der Waals surface area contributed by atoms with Gasteiger partial charge in [0.15, 0.2) is 0 Å². The molecule has 0 fully saturated rings. The predicted octanol–water partition coefficient (Wildman–Crippen LogP) is 14.7. The number of anilines is 3. The minimum absolute atomic E-state index is 1.08. The highest BCUT2D eigenvalue weighted by Crippen LogP contribution is 2.45. The minimum Gasteiger partial charge on any atom is -0.310 e. The maximum absolute atomic E-state index is 2.47. The van der Waals surface area contributed by atoms with E-state index in [0.29, 0.717) is 0 Å². The number of para-hydroxylation sites is 4. The summed E-state index contributed by atoms with van der Waals surface area (Å²) in [6.07, 6.45) is 0. The molecule has 9 aromatic carbocycles. The Morgan fingerprint density at radius 2 is 0.860 bits per heavy atom. The topological polar surface area (TPSA) is 13.1 Å². The molecule has 0 atom stereocenters. The van der Waals surface area contributed by atoms with Crippen molar-refractivity contribution in [2.24, 2.45) is 0 Å². The molecule has 0 bridgehead atoms. The molecule has 0 saturated carbocycles. The van der Waals surface area contributed by atoms with Gasteiger partial charge in [0.1, 0.15) is 0 Å². The third kappa shape index (κ3) is 5.43. The van der Waals surface area contributed by atoms with Crippen molar-refractivity contribution < 1.29 is 0 Å². The minimum atomic E-state index is 1.08. The molecule has 0 N–H and O–H groups in total. The number of nitrogens with zero attached hydrogens (tertiary/aromatic N) is 3. The lowest BCUT2D eigenvalue weighted by Gasteiger charge is -2.28. The molecule has 0 aliphatic rings. The highest BCUT2D eigenvalue weighted by Gasteiger charge is 2.22. The summed E-state index contributed by atoms with van der Waals surface area (Å²) in [6.45, 7) is 0. The van der Waals surface area contributed by atoms with Crippen LogP contribution in [0.1, 0.15) is 0 Å². The van der Waals surface area contributed by atoms with Gasteiger partial charge in [-0.05, 0) is 95.6 Å². The highest BCUT2D eigenvalue weighted by atomic mass is 15.1. The highest BCUT2D eigenvalue weighted by molar-refractivity contribution is 6.26. The van der Waals surface area contributed by atoms with Crippen LogP contribution in [-0.2, 0) is 0 Å². The molecule has 0 unspecified atom stereocenters. The molecule has 2 aromatic heterocycles. The summed E-state index contributed by atoms with van der Waals surface area (Å²) in [5.74, 6) is 0. The number of aromatic nitrogens is 2. The van der Waals surface area contributed by atoms with Crippen LogP contribution in [0.4, 0.5) is 17.1 Å². The quantitative estimate of drug-likeness (QED) is 0.159. The second-order valence-electron chi connectivity index (χ2n) is 14.5. The van der Waals surface area contributed by atoms with Crippen molar-refractivity contribution >= 4 is 60.7 Å². The molecule has 0 radical (unpaired) electrons. The molecule has 0 spiro atoms. The third-order valence-corrected chi connectivity index (χ3v) is 11.3. The van der Waals surface area contributed by atoms with Crippen LogP contribution in [0, 0.1) is 0 Å². The van der Waals surface area contributed by atoms with E-state index in [0.717, 1.165) is 28.4 Å². The second-order valence-corrected chi connectivity index (χ2v) is 14.5. The van der Waals surface area contributed by atoms with Gasteiger partial charge in [0.25, 0.3) is 0 Å². The Bertz CT molecular complexity index is 3200. The molecular weight excluding hydrogens is 691 g/mol. The van der Waals surface area contributed by atoms with Crippen LogP contribution in [0.2, 0.25) is 0 Å². The van der Waals surface area contributed by atoms with E-state index in [1.165, 1.54) is 65.9 Å². The van der Waals surface area contributed by atoms with Gasteiger partial charge in [0.2, 0.25) is 0 Å². The number of hydrogen-bond acceptors (Lipinski definition) is 1. The van der Waals surface area contributed by atoms with Crippen LogP contribution in [0.3, 0.4) is 0 Å². The van der Waals surface area contributed by atoms with Gasteiger partial charge in [0.05, 0.1) is 27.8 Å². The zero-order valence-corrected chi connectivity index (χ0v) is 31.2. The molecule has 3 heteroatoms. The van der Waals surface area contributed by atoms with Crippen molar-refractivity contribution in [2.45, 2.75) is 0 Å². The maximum Gasteiger partial charge on any atom is 0.0641 e. The fourth-order valence-corrected chi connectivity index (χ4v) is 8.78. The Kier molecular flexibility index (Phi) is 7.82. The molecule has 268 valence electrons. The SMILES string of the molecule is c1ccc(-c2ccc(N(c3ccccc3)c3ccc(-n4c5ccccc5c5ccc6c(c7ccccc7n6-c6ccccc6)c54)cc3)c(-c3ccccc3)c2)cc1. The summed E-state index contributed by atoms with van der Waals surface area (Å²) in [4.78, 5) is 2.39. The van der Waals surface area contributed by atoms with E-state index in [9.17, 15) is 0 Å². The number of hydrogen-bond donors (Lipinski definition) is 0. The number of benzene rings is 9. The van der Waals surface area contributed by atoms with Gasteiger partial charge < -0.3 is 14.0 Å². The average Bonchev–Trinajstić information content (AvgIpc) is 3.81. The Hall–Kier alpha value is -7.62. The molecule has 0 aliphatic heterocycles. The van der Waals surface area contributed by atoms with E-state index >= 15 is 0 Å². The molecule has 0 amide bonds. The third-order valence-electron chi connectivity index (χ3n) is 11.3. The predicted molar refractivity (Wildman–Crippen MR) is 241 cm³/mol. The van der Waals surface area contributed by atoms with E-state index in [1.807, 2.05) is 0 Å². The first-order valence-electron chi connectivity index (χ1n) is 19.5. The molecule has 11 rings (SSSR count). The van der Waals surface area contributed by atoms with Crippen LogP contribution in [0.25, 0.3) is 77.2 Å². The fourth-order valence-electron chi connectivity index (χ4n) is 8.78. The Labute approximate surface area is 331 Å². The van der Waals surface area contributed by atoms with Crippen molar-refractivity contribution in [3.8, 4) is 33.6 Å². The normalized spacial score (nSPS) is 11.5. The Morgan fingerprint density at radius 1 is 0.316 bits per heavy atom. The largest absolute Gasteiger partial charge is 0.310 e. The van der Waals surface area contributed by atoms with Gasteiger partial charge in [0, 0.05) is 49.9 Å². The molecule has 11 aromatic rings. The lowest BCUT2D eigenvalue weighted by Crippen LogP contribution is -2.11. The monoisotopic (exact) mass is 727 g/mol. The zero-order chi connectivity index (χ0) is 37.7. The molecule has 57 heavy (non-hydrogen) atoms. The summed E-state index contributed by atoms with van der Waals surface area (Å²) in [5.41, 5.74) is 15.1. The van der Waals surface area contributed by atoms with Crippen LogP contribution >= 0.6 is 0 Å². The van der Waals surface area contributed by atoms with E-state index in [1.54, 1.807) is 0 Å². The Balaban J connectivity index is 1.13. The number of rotatable bonds is 7. The van der Waals surface area contributed by atoms with Gasteiger partial charge >= 0.3 is 0 Å². The van der Waals surface area contributed by atoms with Crippen LogP contribution in [-0.4, -0.2) is 9.13 Å². The first-order valence-corrected chi connectivity index (χ1v) is 19.5. The van der Waals surface area contributed by atoms with Gasteiger partial charge in [-0.15, -0.1) is 0 Å². The first kappa shape index (κ1) is 32.8. The summed E-state index contributed by atoms with van der Waals surface area (Å²) < 4.78 is 4.87. The lowest BCUT2D eigenvalue weighted by atomic mass is 9.96. The van der Waals surface area contributed by atoms with Crippen molar-refractivity contribution in [3.63, 3.8) is 0 Å². The van der Waals surface area contributed by atoms with E-state index in [2.05, 4.69) is 238 Å². The Morgan fingerprint density at radius 3 is 1.56 bits per heavy atom. The summed E-state index contributed by atoms with van der Waals surface area (Å²) >= 11 is 0. The van der Waals surface area contributed by atoms with Crippen molar-refractivity contribution in [1.29, 1.82) is 0 Å². The summed E-state index contributed by atoms with van der Waals surface area (Å²) in [5, 5.41) is 4.98. The van der Waals surface area contributed by atoms with Gasteiger partial charge in [-0.3, -0.25) is 0 Å². The standard InChI is InChI=1S/C54H37N3/c1-5-17-38(18-6-1)40-29-35-51(48(37-40)39-19-7-2-8-20-39)55(41-21-9-3-10-22-41)43-30-32-44(33-31-43)57-49-27-15-13-25-45(49)46-34-36-52-53(54(46)57)47-26-14-16-28-50(47)56(52)42-23-11-4-12-24-42/h1-37H. The van der Waals surface area contributed by atoms with Gasteiger partial charge in [-0.1, -0.05) is 146 Å². The fraction of sp³-hybridized carbons (Fsp3) is 0. The van der Waals surface area contributed by atoms with Crippen molar-refractivity contribution in [1.82, 2.24) is 9.13 Å². The van der Waals surface area contributed by atoms with Crippen LogP contribution in [0.5, 0.6) is 0 Å². The van der Waals surface area contributed by atoms with E-state index in [4.69, 9.17) is 0 Å². The maximum atomic E-state index is 2.47. The van der Waals surface area contributed by atoms with Crippen molar-refractivity contribution in [2.75, 3.05) is 4.90 Å². The molecule has 3 nitrogen and oxygen atoms in total. The molecule has 0 aliphatic carbocycles. The zero-order valence-electron chi connectivity index (χ0n) is 31.2. The van der Waals surface area contributed by atoms with Gasteiger partial charge in [-0.25, -0.2) is 0 Å². The van der Waals surface area contributed by atoms with Crippen LogP contribution in [0.15, 0.2) is 224 Å². The smallest absolute Gasteiger partial charge is 0.0641 e. The van der Waals surface area contributed by atoms with Crippen molar-refractivity contribution in [3.05, 3.63) is 224 Å². The average molecular weight is 728 g/mol. The van der Waals surface area contributed by atoms with Crippen LogP contribution < -0.4 is 4.90 Å². The lowest BCUT2D eigenvalue weighted by molar-refractivity contribution is 1.17. The molecule has 2 heterocycles. The van der Waals surface area contributed by atoms with Gasteiger partial charge in [-0.2, -0.15) is 0 Å². The molecular formula is C54H37N3. The summed E-state index contributed by atoms with van der Waals surface area (Å²) in [7, 11) is 0. The van der Waals surface area contributed by atoms with E-state index < -0.39 is 0 Å². The second kappa shape index (κ2) is 13.6. The van der Waals surface area contributed by atoms with E-state index in [-0.39, 0.29) is 0 Å². The molecule has 0 saturated heterocycles. The number of fused-ring (bicyclic) bond motifs is 7. The first-order chi connectivity index (χ1) is 28.3. The summed E-state index contributed by atoms with van der Waals surface area (Å²) in [6, 6.07) is 81.0.